The SMILES string of the molecule is CCCCC(CC)COC(=O)OOOOC(=O)OCC(CC)CCCC. The highest BCUT2D eigenvalue weighted by atomic mass is 17.7. The molecule has 26 heavy (non-hydrogen) atoms. The molecule has 8 nitrogen and oxygen atoms in total. The van der Waals surface area contributed by atoms with Crippen molar-refractivity contribution in [2.24, 2.45) is 11.8 Å². The van der Waals surface area contributed by atoms with Crippen LogP contribution in [0.1, 0.15) is 79.1 Å². The van der Waals surface area contributed by atoms with Gasteiger partial charge in [0.15, 0.2) is 0 Å². The Morgan fingerprint density at radius 2 is 1.08 bits per heavy atom. The number of ether oxygens (including phenoxy) is 2. The molecule has 0 aliphatic heterocycles. The lowest BCUT2D eigenvalue weighted by Crippen LogP contribution is -2.17. The summed E-state index contributed by atoms with van der Waals surface area (Å²) < 4.78 is 9.78. The van der Waals surface area contributed by atoms with Gasteiger partial charge in [0.05, 0.1) is 13.2 Å². The Bertz CT molecular complexity index is 327. The molecule has 0 radical (unpaired) electrons. The van der Waals surface area contributed by atoms with Crippen molar-refractivity contribution in [2.45, 2.75) is 79.1 Å². The molecule has 2 unspecified atom stereocenters. The van der Waals surface area contributed by atoms with E-state index in [2.05, 4.69) is 33.7 Å². The molecule has 0 amide bonds. The molecule has 0 aliphatic carbocycles. The predicted molar refractivity (Wildman–Crippen MR) is 93.6 cm³/mol. The Labute approximate surface area is 156 Å². The van der Waals surface area contributed by atoms with Crippen molar-refractivity contribution in [1.82, 2.24) is 0 Å². The highest BCUT2D eigenvalue weighted by Crippen LogP contribution is 2.14. The first-order chi connectivity index (χ1) is 12.6. The molecule has 0 N–H and O–H groups in total. The maximum Gasteiger partial charge on any atom is 0.542 e. The molecule has 0 aromatic carbocycles. The van der Waals surface area contributed by atoms with E-state index in [0.29, 0.717) is 0 Å². The summed E-state index contributed by atoms with van der Waals surface area (Å²) in [7, 11) is 0. The van der Waals surface area contributed by atoms with Crippen LogP contribution in [0.5, 0.6) is 0 Å². The van der Waals surface area contributed by atoms with Gasteiger partial charge in [0.1, 0.15) is 0 Å². The maximum absolute atomic E-state index is 11.3. The van der Waals surface area contributed by atoms with E-state index in [1.165, 1.54) is 0 Å². The third-order valence-corrected chi connectivity index (χ3v) is 4.19. The molecule has 0 aromatic rings. The van der Waals surface area contributed by atoms with E-state index < -0.39 is 12.3 Å². The molecule has 0 heterocycles. The van der Waals surface area contributed by atoms with Crippen LogP contribution in [0.2, 0.25) is 0 Å². The Morgan fingerprint density at radius 3 is 1.38 bits per heavy atom. The summed E-state index contributed by atoms with van der Waals surface area (Å²) in [5.41, 5.74) is 0. The van der Waals surface area contributed by atoms with Crippen molar-refractivity contribution in [3.63, 3.8) is 0 Å². The van der Waals surface area contributed by atoms with Gasteiger partial charge in [-0.25, -0.2) is 19.4 Å². The summed E-state index contributed by atoms with van der Waals surface area (Å²) in [6, 6.07) is 0. The van der Waals surface area contributed by atoms with E-state index in [-0.39, 0.29) is 25.0 Å². The molecule has 0 rings (SSSR count). The van der Waals surface area contributed by atoms with Gasteiger partial charge >= 0.3 is 12.3 Å². The molecule has 8 heteroatoms. The second-order valence-corrected chi connectivity index (χ2v) is 6.26. The van der Waals surface area contributed by atoms with E-state index >= 15 is 0 Å². The van der Waals surface area contributed by atoms with Gasteiger partial charge in [0, 0.05) is 10.1 Å². The molecule has 0 spiro atoms. The van der Waals surface area contributed by atoms with Crippen molar-refractivity contribution >= 4 is 12.3 Å². The van der Waals surface area contributed by atoms with Gasteiger partial charge in [0.2, 0.25) is 0 Å². The average molecular weight is 378 g/mol. The van der Waals surface area contributed by atoms with E-state index in [9.17, 15) is 9.59 Å². The van der Waals surface area contributed by atoms with Crippen LogP contribution in [0.4, 0.5) is 9.59 Å². The van der Waals surface area contributed by atoms with E-state index in [0.717, 1.165) is 51.4 Å². The topological polar surface area (TPSA) is 89.5 Å². The average Bonchev–Trinajstić information content (AvgIpc) is 2.65. The summed E-state index contributed by atoms with van der Waals surface area (Å²) in [6.07, 6.45) is 5.94. The number of carbonyl (C=O) groups is 2. The summed E-state index contributed by atoms with van der Waals surface area (Å²) in [6.45, 7) is 8.73. The fourth-order valence-electron chi connectivity index (χ4n) is 2.30. The number of hydrogen-bond acceptors (Lipinski definition) is 8. The fraction of sp³-hybridized carbons (Fsp3) is 0.889. The molecule has 154 valence electrons. The van der Waals surface area contributed by atoms with Crippen LogP contribution < -0.4 is 0 Å². The fourth-order valence-corrected chi connectivity index (χ4v) is 2.30. The molecule has 0 saturated heterocycles. The molecule has 2 atom stereocenters. The van der Waals surface area contributed by atoms with E-state index in [1.807, 2.05) is 13.8 Å². The quantitative estimate of drug-likeness (QED) is 0.160. The molecule has 0 fully saturated rings. The van der Waals surface area contributed by atoms with Gasteiger partial charge in [-0.2, -0.15) is 0 Å². The van der Waals surface area contributed by atoms with Crippen LogP contribution in [0.3, 0.4) is 0 Å². The zero-order valence-corrected chi connectivity index (χ0v) is 16.5. The standard InChI is InChI=1S/C18H34O8/c1-5-9-11-15(7-3)13-21-17(19)23-25-26-24-18(20)22-14-16(8-4)12-10-6-2/h15-16H,5-14H2,1-4H3. The van der Waals surface area contributed by atoms with Crippen LogP contribution in [-0.4, -0.2) is 25.5 Å². The highest BCUT2D eigenvalue weighted by Gasteiger charge is 2.14. The first-order valence-electron chi connectivity index (χ1n) is 9.58. The van der Waals surface area contributed by atoms with Gasteiger partial charge in [-0.05, 0) is 24.7 Å². The van der Waals surface area contributed by atoms with Gasteiger partial charge in [-0.1, -0.05) is 66.2 Å². The Kier molecular flexibility index (Phi) is 15.9. The zero-order valence-electron chi connectivity index (χ0n) is 16.5. The number of rotatable bonds is 15. The first-order valence-corrected chi connectivity index (χ1v) is 9.58. The first kappa shape index (κ1) is 24.5. The molecular formula is C18H34O8. The lowest BCUT2D eigenvalue weighted by atomic mass is 10.0. The van der Waals surface area contributed by atoms with Gasteiger partial charge in [-0.3, -0.25) is 0 Å². The van der Waals surface area contributed by atoms with Crippen molar-refractivity contribution in [2.75, 3.05) is 13.2 Å². The molecule has 0 bridgehead atoms. The largest absolute Gasteiger partial charge is 0.542 e. The Hall–Kier alpha value is -1.54. The van der Waals surface area contributed by atoms with E-state index in [4.69, 9.17) is 9.47 Å². The second-order valence-electron chi connectivity index (χ2n) is 6.26. The maximum atomic E-state index is 11.3. The molecule has 0 aliphatic rings. The van der Waals surface area contributed by atoms with Gasteiger partial charge < -0.3 is 9.47 Å². The lowest BCUT2D eigenvalue weighted by molar-refractivity contribution is -0.601. The predicted octanol–water partition coefficient (Wildman–Crippen LogP) is 5.50. The summed E-state index contributed by atoms with van der Waals surface area (Å²) >= 11 is 0. The Morgan fingerprint density at radius 1 is 0.692 bits per heavy atom. The van der Waals surface area contributed by atoms with Crippen molar-refractivity contribution < 1.29 is 38.9 Å². The minimum atomic E-state index is -1.07. The van der Waals surface area contributed by atoms with Crippen molar-refractivity contribution in [1.29, 1.82) is 0 Å². The smallest absolute Gasteiger partial charge is 0.432 e. The van der Waals surface area contributed by atoms with Crippen LogP contribution >= 0.6 is 0 Å². The number of unbranched alkanes of at least 4 members (excludes halogenated alkanes) is 2. The number of carbonyl (C=O) groups excluding carboxylic acids is 2. The molecule has 0 saturated carbocycles. The minimum absolute atomic E-state index is 0.234. The summed E-state index contributed by atoms with van der Waals surface area (Å²) in [4.78, 5) is 31.0. The zero-order chi connectivity index (χ0) is 19.6. The normalized spacial score (nSPS) is 12.9. The lowest BCUT2D eigenvalue weighted by Gasteiger charge is -2.14. The van der Waals surface area contributed by atoms with Crippen LogP contribution in [0, 0.1) is 11.8 Å². The van der Waals surface area contributed by atoms with Gasteiger partial charge in [-0.15, -0.1) is 0 Å². The van der Waals surface area contributed by atoms with Crippen LogP contribution in [0.25, 0.3) is 0 Å². The van der Waals surface area contributed by atoms with Crippen molar-refractivity contribution in [3.8, 4) is 0 Å². The summed E-state index contributed by atoms with van der Waals surface area (Å²) in [5.74, 6) is 0.544. The molecule has 0 aromatic heterocycles. The summed E-state index contributed by atoms with van der Waals surface area (Å²) in [5, 5.41) is 8.03. The third-order valence-electron chi connectivity index (χ3n) is 4.19. The van der Waals surface area contributed by atoms with Crippen LogP contribution in [-0.2, 0) is 29.3 Å². The number of hydrogen-bond donors (Lipinski definition) is 0. The monoisotopic (exact) mass is 378 g/mol. The minimum Gasteiger partial charge on any atom is -0.432 e. The van der Waals surface area contributed by atoms with Crippen LogP contribution in [0.15, 0.2) is 0 Å². The highest BCUT2D eigenvalue weighted by molar-refractivity contribution is 5.59. The van der Waals surface area contributed by atoms with Crippen molar-refractivity contribution in [3.05, 3.63) is 0 Å². The van der Waals surface area contributed by atoms with E-state index in [1.54, 1.807) is 0 Å². The third kappa shape index (κ3) is 13.7. The Balaban J connectivity index is 3.73. The van der Waals surface area contributed by atoms with Gasteiger partial charge in [0.25, 0.3) is 0 Å². The molecular weight excluding hydrogens is 344 g/mol. The second kappa shape index (κ2) is 16.9.